The highest BCUT2D eigenvalue weighted by atomic mass is 35.5. The number of likely N-dealkylation sites (tertiary alicyclic amines) is 1. The van der Waals surface area contributed by atoms with Gasteiger partial charge in [-0.05, 0) is 81.4 Å². The molecule has 0 spiro atoms. The van der Waals surface area contributed by atoms with Gasteiger partial charge in [-0.1, -0.05) is 35.5 Å². The molecule has 0 radical (unpaired) electrons. The second kappa shape index (κ2) is 11.6. The molecule has 3 aromatic heterocycles. The third kappa shape index (κ3) is 5.09. The molecule has 5 heterocycles. The number of pyridine rings is 1. The van der Waals surface area contributed by atoms with Gasteiger partial charge in [0.15, 0.2) is 5.76 Å². The zero-order valence-electron chi connectivity index (χ0n) is 22.7. The molecule has 2 aromatic carbocycles. The Balaban J connectivity index is 0.00000161. The minimum Gasteiger partial charge on any atom is -0.485 e. The van der Waals surface area contributed by atoms with Gasteiger partial charge in [-0.25, -0.2) is 4.98 Å². The molecule has 7 nitrogen and oxygen atoms in total. The minimum atomic E-state index is 0. The van der Waals surface area contributed by atoms with Crippen LogP contribution in [0.3, 0.4) is 0 Å². The van der Waals surface area contributed by atoms with Crippen LogP contribution in [-0.2, 0) is 13.0 Å². The van der Waals surface area contributed by atoms with Gasteiger partial charge in [0.2, 0.25) is 0 Å². The Morgan fingerprint density at radius 2 is 1.77 bits per heavy atom. The van der Waals surface area contributed by atoms with Crippen LogP contribution in [0.4, 0.5) is 0 Å². The van der Waals surface area contributed by atoms with Crippen LogP contribution in [0.25, 0.3) is 28.0 Å². The van der Waals surface area contributed by atoms with Crippen molar-refractivity contribution in [3.05, 3.63) is 89.1 Å². The average molecular weight is 579 g/mol. The number of fused-ring (bicyclic) bond motifs is 4. The summed E-state index contributed by atoms with van der Waals surface area (Å²) in [5.41, 5.74) is 8.56. The fourth-order valence-electron chi connectivity index (χ4n) is 6.05. The maximum Gasteiger partial charge on any atom is 0.187 e. The Morgan fingerprint density at radius 3 is 2.58 bits per heavy atom. The zero-order chi connectivity index (χ0) is 25.6. The molecule has 0 atom stereocenters. The van der Waals surface area contributed by atoms with Crippen LogP contribution in [-0.4, -0.2) is 44.2 Å². The predicted molar refractivity (Wildman–Crippen MR) is 161 cm³/mol. The van der Waals surface area contributed by atoms with Crippen molar-refractivity contribution in [3.8, 4) is 22.9 Å². The number of aryl methyl sites for hydroxylation is 2. The molecule has 0 unspecified atom stereocenters. The summed E-state index contributed by atoms with van der Waals surface area (Å²) in [6.45, 7) is 7.69. The Hall–Kier alpha value is -3.39. The normalized spacial score (nSPS) is 15.1. The van der Waals surface area contributed by atoms with E-state index in [1.807, 2.05) is 19.3 Å². The fraction of sp³-hybridized carbons (Fsp3) is 0.323. The summed E-state index contributed by atoms with van der Waals surface area (Å²) in [5, 5.41) is 5.32. The molecule has 1 fully saturated rings. The van der Waals surface area contributed by atoms with Gasteiger partial charge in [0.1, 0.15) is 24.4 Å². The number of para-hydroxylation sites is 1. The van der Waals surface area contributed by atoms with Gasteiger partial charge in [0, 0.05) is 23.7 Å². The topological polar surface area (TPSA) is 69.2 Å². The average Bonchev–Trinajstić information content (AvgIpc) is 3.58. The van der Waals surface area contributed by atoms with Crippen LogP contribution in [0.2, 0.25) is 0 Å². The van der Waals surface area contributed by atoms with Crippen molar-refractivity contribution in [3.63, 3.8) is 0 Å². The Morgan fingerprint density at radius 1 is 0.950 bits per heavy atom. The smallest absolute Gasteiger partial charge is 0.187 e. The molecule has 2 aliphatic heterocycles. The van der Waals surface area contributed by atoms with Crippen molar-refractivity contribution in [2.75, 3.05) is 19.6 Å². The third-order valence-electron chi connectivity index (χ3n) is 8.05. The molecule has 0 N–H and O–H groups in total. The molecule has 1 saturated heterocycles. The number of nitrogens with zero attached hydrogens (tertiary/aromatic N) is 5. The van der Waals surface area contributed by atoms with E-state index in [0.717, 1.165) is 65.8 Å². The fourth-order valence-corrected chi connectivity index (χ4v) is 6.05. The first-order chi connectivity index (χ1) is 18.6. The Labute approximate surface area is 246 Å². The SMILES string of the molecule is Cc1cc(-c2ncn3c2COc2c(CCN4CCC(c5cccc6nc(C)ccc56)CC4)cccc2-3)on1.Cl.Cl. The molecule has 7 rings (SSSR count). The third-order valence-corrected chi connectivity index (χ3v) is 8.05. The van der Waals surface area contributed by atoms with E-state index in [1.165, 1.54) is 29.4 Å². The molecular weight excluding hydrogens is 545 g/mol. The number of ether oxygens (including phenoxy) is 1. The number of hydrogen-bond acceptors (Lipinski definition) is 6. The van der Waals surface area contributed by atoms with E-state index in [1.54, 1.807) is 0 Å². The first kappa shape index (κ1) is 28.1. The van der Waals surface area contributed by atoms with Gasteiger partial charge in [0.25, 0.3) is 0 Å². The van der Waals surface area contributed by atoms with Gasteiger partial charge in [-0.2, -0.15) is 0 Å². The minimum absolute atomic E-state index is 0. The first-order valence-corrected chi connectivity index (χ1v) is 13.5. The number of aromatic nitrogens is 4. The van der Waals surface area contributed by atoms with Gasteiger partial charge < -0.3 is 14.2 Å². The number of hydrogen-bond donors (Lipinski definition) is 0. The standard InChI is InChI=1S/C31H31N5O2.2ClH/c1-20-9-10-25-24(6-4-7-26(25)33-20)22-11-14-35(15-12-22)16-13-23-5-3-8-27-31(23)37-18-28-30(32-19-36(27)28)29-17-21(2)34-38-29;;/h3-10,17,19,22H,11-16,18H2,1-2H3;2*1H. The lowest BCUT2D eigenvalue weighted by Gasteiger charge is -2.33. The summed E-state index contributed by atoms with van der Waals surface area (Å²) in [6, 6.07) is 19.3. The second-order valence-corrected chi connectivity index (χ2v) is 10.5. The molecule has 5 aromatic rings. The van der Waals surface area contributed by atoms with E-state index in [-0.39, 0.29) is 24.8 Å². The second-order valence-electron chi connectivity index (χ2n) is 10.5. The van der Waals surface area contributed by atoms with Crippen molar-refractivity contribution in [1.82, 2.24) is 24.6 Å². The monoisotopic (exact) mass is 577 g/mol. The summed E-state index contributed by atoms with van der Waals surface area (Å²) in [5.74, 6) is 2.23. The van der Waals surface area contributed by atoms with Crippen molar-refractivity contribution in [2.24, 2.45) is 0 Å². The summed E-state index contributed by atoms with van der Waals surface area (Å²) in [4.78, 5) is 12.0. The molecule has 2 aliphatic rings. The van der Waals surface area contributed by atoms with Crippen LogP contribution < -0.4 is 4.74 Å². The van der Waals surface area contributed by atoms with Gasteiger partial charge in [0.05, 0.1) is 22.6 Å². The van der Waals surface area contributed by atoms with E-state index in [4.69, 9.17) is 14.2 Å². The lowest BCUT2D eigenvalue weighted by atomic mass is 9.87. The van der Waals surface area contributed by atoms with Crippen LogP contribution in [0.15, 0.2) is 65.4 Å². The maximum atomic E-state index is 6.33. The van der Waals surface area contributed by atoms with Crippen LogP contribution >= 0.6 is 24.8 Å². The number of rotatable bonds is 5. The maximum absolute atomic E-state index is 6.33. The van der Waals surface area contributed by atoms with Crippen LogP contribution in [0.1, 0.15) is 47.0 Å². The largest absolute Gasteiger partial charge is 0.485 e. The Bertz CT molecular complexity index is 1640. The van der Waals surface area contributed by atoms with Crippen LogP contribution in [0, 0.1) is 13.8 Å². The van der Waals surface area contributed by atoms with Crippen molar-refractivity contribution >= 4 is 35.7 Å². The number of benzene rings is 2. The quantitative estimate of drug-likeness (QED) is 0.227. The Kier molecular flexibility index (Phi) is 8.17. The van der Waals surface area contributed by atoms with E-state index in [0.29, 0.717) is 18.3 Å². The van der Waals surface area contributed by atoms with Crippen molar-refractivity contribution in [1.29, 1.82) is 0 Å². The molecule has 0 bridgehead atoms. The van der Waals surface area contributed by atoms with E-state index in [2.05, 4.69) is 75.1 Å². The summed E-state index contributed by atoms with van der Waals surface area (Å²) in [6.07, 6.45) is 5.18. The van der Waals surface area contributed by atoms with E-state index in [9.17, 15) is 0 Å². The molecule has 208 valence electrons. The predicted octanol–water partition coefficient (Wildman–Crippen LogP) is 6.85. The van der Waals surface area contributed by atoms with E-state index >= 15 is 0 Å². The lowest BCUT2D eigenvalue weighted by molar-refractivity contribution is 0.213. The molecule has 0 saturated carbocycles. The highest BCUT2D eigenvalue weighted by molar-refractivity contribution is 5.85. The summed E-state index contributed by atoms with van der Waals surface area (Å²) in [7, 11) is 0. The molecule has 0 amide bonds. The molecular formula is C31H33Cl2N5O2. The lowest BCUT2D eigenvalue weighted by Crippen LogP contribution is -2.34. The molecule has 9 heteroatoms. The van der Waals surface area contributed by atoms with Crippen molar-refractivity contribution < 1.29 is 9.26 Å². The zero-order valence-corrected chi connectivity index (χ0v) is 24.3. The van der Waals surface area contributed by atoms with E-state index < -0.39 is 0 Å². The summed E-state index contributed by atoms with van der Waals surface area (Å²) < 4.78 is 13.9. The van der Waals surface area contributed by atoms with Crippen LogP contribution in [0.5, 0.6) is 5.75 Å². The number of halogens is 2. The highest BCUT2D eigenvalue weighted by Gasteiger charge is 2.26. The highest BCUT2D eigenvalue weighted by Crippen LogP contribution is 2.37. The summed E-state index contributed by atoms with van der Waals surface area (Å²) >= 11 is 0. The number of imidazole rings is 1. The van der Waals surface area contributed by atoms with Gasteiger partial charge in [-0.3, -0.25) is 9.55 Å². The van der Waals surface area contributed by atoms with Gasteiger partial charge >= 0.3 is 0 Å². The van der Waals surface area contributed by atoms with Crippen molar-refractivity contribution in [2.45, 2.75) is 45.6 Å². The molecule has 0 aliphatic carbocycles. The first-order valence-electron chi connectivity index (χ1n) is 13.5. The molecule has 40 heavy (non-hydrogen) atoms. The van der Waals surface area contributed by atoms with Gasteiger partial charge in [-0.15, -0.1) is 24.8 Å². The number of piperidine rings is 1.